The molecule has 0 saturated carbocycles. The maximum atomic E-state index is 12.4. The van der Waals surface area contributed by atoms with Gasteiger partial charge in [0.15, 0.2) is 0 Å². The summed E-state index contributed by atoms with van der Waals surface area (Å²) in [5.74, 6) is 0.186. The number of aryl methyl sites for hydroxylation is 1. The zero-order valence-electron chi connectivity index (χ0n) is 10.2. The van der Waals surface area contributed by atoms with Crippen LogP contribution in [0.25, 0.3) is 0 Å². The van der Waals surface area contributed by atoms with Crippen molar-refractivity contribution < 1.29 is 14.6 Å². The lowest BCUT2D eigenvalue weighted by Gasteiger charge is -2.34. The zero-order chi connectivity index (χ0) is 13.1. The molecule has 4 nitrogen and oxygen atoms in total. The average molecular weight is 270 g/mol. The van der Waals surface area contributed by atoms with Crippen molar-refractivity contribution in [3.63, 3.8) is 0 Å². The molecule has 1 N–H and O–H groups in total. The van der Waals surface area contributed by atoms with Crippen molar-refractivity contribution >= 4 is 17.5 Å². The van der Waals surface area contributed by atoms with Gasteiger partial charge in [-0.25, -0.2) is 0 Å². The number of amides is 1. The number of aromatic hydroxyl groups is 1. The fourth-order valence-electron chi connectivity index (χ4n) is 2.04. The molecule has 2 rings (SSSR count). The Morgan fingerprint density at radius 1 is 1.61 bits per heavy atom. The fraction of sp³-hybridized carbons (Fsp3) is 0.462. The van der Waals surface area contributed by atoms with Gasteiger partial charge in [0.05, 0.1) is 24.8 Å². The van der Waals surface area contributed by atoms with Crippen molar-refractivity contribution in [1.82, 2.24) is 4.90 Å². The van der Waals surface area contributed by atoms with E-state index in [4.69, 9.17) is 16.3 Å². The predicted octanol–water partition coefficient (Wildman–Crippen LogP) is 1.78. The molecule has 1 fully saturated rings. The molecule has 0 spiro atoms. The first-order valence-corrected chi connectivity index (χ1v) is 6.42. The Kier molecular flexibility index (Phi) is 4.09. The van der Waals surface area contributed by atoms with E-state index in [-0.39, 0.29) is 17.7 Å². The topological polar surface area (TPSA) is 49.8 Å². The number of phenols is 1. The van der Waals surface area contributed by atoms with Gasteiger partial charge in [0.2, 0.25) is 0 Å². The third-order valence-corrected chi connectivity index (χ3v) is 3.49. The minimum absolute atomic E-state index is 0.0438. The van der Waals surface area contributed by atoms with Crippen LogP contribution in [0.5, 0.6) is 5.75 Å². The van der Waals surface area contributed by atoms with Gasteiger partial charge in [-0.1, -0.05) is 12.1 Å². The van der Waals surface area contributed by atoms with Crippen molar-refractivity contribution in [3.8, 4) is 5.75 Å². The van der Waals surface area contributed by atoms with E-state index in [1.54, 1.807) is 30.0 Å². The van der Waals surface area contributed by atoms with Crippen LogP contribution < -0.4 is 0 Å². The number of ether oxygens (including phenoxy) is 1. The van der Waals surface area contributed by atoms with Gasteiger partial charge in [0.1, 0.15) is 5.75 Å². The lowest BCUT2D eigenvalue weighted by molar-refractivity contribution is 0.00441. The van der Waals surface area contributed by atoms with Gasteiger partial charge >= 0.3 is 0 Å². The molecular weight excluding hydrogens is 254 g/mol. The number of hydrogen-bond donors (Lipinski definition) is 1. The molecule has 0 bridgehead atoms. The third kappa shape index (κ3) is 2.44. The zero-order valence-corrected chi connectivity index (χ0v) is 11.0. The van der Waals surface area contributed by atoms with Gasteiger partial charge in [-0.2, -0.15) is 0 Å². The normalized spacial score (nSPS) is 19.9. The van der Waals surface area contributed by atoms with Crippen LogP contribution in [0.1, 0.15) is 15.9 Å². The van der Waals surface area contributed by atoms with E-state index in [0.29, 0.717) is 36.8 Å². The molecule has 1 aliphatic heterocycles. The van der Waals surface area contributed by atoms with Crippen LogP contribution in [0.3, 0.4) is 0 Å². The minimum atomic E-state index is -0.190. The lowest BCUT2D eigenvalue weighted by atomic mass is 10.1. The lowest BCUT2D eigenvalue weighted by Crippen LogP contribution is -2.49. The van der Waals surface area contributed by atoms with Crippen LogP contribution >= 0.6 is 11.6 Å². The highest BCUT2D eigenvalue weighted by molar-refractivity contribution is 6.18. The molecule has 98 valence electrons. The second-order valence-corrected chi connectivity index (χ2v) is 4.66. The number of benzene rings is 1. The van der Waals surface area contributed by atoms with E-state index in [1.165, 1.54) is 0 Å². The van der Waals surface area contributed by atoms with E-state index in [2.05, 4.69) is 0 Å². The summed E-state index contributed by atoms with van der Waals surface area (Å²) in [5, 5.41) is 9.95. The first-order chi connectivity index (χ1) is 8.65. The molecule has 1 heterocycles. The van der Waals surface area contributed by atoms with Gasteiger partial charge in [-0.05, 0) is 18.6 Å². The standard InChI is InChI=1S/C13H16ClNO3/c1-9-3-2-4-11(12(9)16)13(17)15-5-6-18-8-10(15)7-14/h2-4,10,16H,5-8H2,1H3. The number of halogens is 1. The molecule has 1 unspecified atom stereocenters. The number of alkyl halides is 1. The van der Waals surface area contributed by atoms with E-state index < -0.39 is 0 Å². The van der Waals surface area contributed by atoms with Crippen LogP contribution in [0.15, 0.2) is 18.2 Å². The smallest absolute Gasteiger partial charge is 0.258 e. The molecular formula is C13H16ClNO3. The molecule has 18 heavy (non-hydrogen) atoms. The van der Waals surface area contributed by atoms with Gasteiger partial charge in [-0.3, -0.25) is 4.79 Å². The predicted molar refractivity (Wildman–Crippen MR) is 69.2 cm³/mol. The Bertz CT molecular complexity index is 450. The van der Waals surface area contributed by atoms with Gasteiger partial charge in [-0.15, -0.1) is 11.6 Å². The molecule has 0 aliphatic carbocycles. The summed E-state index contributed by atoms with van der Waals surface area (Å²) >= 11 is 5.84. The molecule has 1 aromatic rings. The minimum Gasteiger partial charge on any atom is -0.507 e. The summed E-state index contributed by atoms with van der Waals surface area (Å²) in [4.78, 5) is 14.1. The summed E-state index contributed by atoms with van der Waals surface area (Å²) in [7, 11) is 0. The Morgan fingerprint density at radius 3 is 3.11 bits per heavy atom. The van der Waals surface area contributed by atoms with Crippen LogP contribution in [0.4, 0.5) is 0 Å². The van der Waals surface area contributed by atoms with Crippen LogP contribution in [-0.4, -0.2) is 47.6 Å². The van der Waals surface area contributed by atoms with Crippen molar-refractivity contribution in [2.45, 2.75) is 13.0 Å². The summed E-state index contributed by atoms with van der Waals surface area (Å²) in [6.07, 6.45) is 0. The average Bonchev–Trinajstić information content (AvgIpc) is 2.41. The van der Waals surface area contributed by atoms with E-state index in [0.717, 1.165) is 0 Å². The number of hydrogen-bond acceptors (Lipinski definition) is 3. The Labute approximate surface area is 111 Å². The van der Waals surface area contributed by atoms with Crippen LogP contribution in [-0.2, 0) is 4.74 Å². The fourth-order valence-corrected chi connectivity index (χ4v) is 2.29. The molecule has 0 radical (unpaired) electrons. The van der Waals surface area contributed by atoms with Gasteiger partial charge in [0, 0.05) is 12.4 Å². The highest BCUT2D eigenvalue weighted by atomic mass is 35.5. The number of carbonyl (C=O) groups excluding carboxylic acids is 1. The quantitative estimate of drug-likeness (QED) is 0.833. The SMILES string of the molecule is Cc1cccc(C(=O)N2CCOCC2CCl)c1O. The second-order valence-electron chi connectivity index (χ2n) is 4.35. The number of nitrogens with zero attached hydrogens (tertiary/aromatic N) is 1. The highest BCUT2D eigenvalue weighted by Gasteiger charge is 2.28. The number of rotatable bonds is 2. The van der Waals surface area contributed by atoms with E-state index in [1.807, 2.05) is 0 Å². The Balaban J connectivity index is 2.27. The third-order valence-electron chi connectivity index (χ3n) is 3.13. The van der Waals surface area contributed by atoms with Gasteiger partial charge < -0.3 is 14.7 Å². The number of morpholine rings is 1. The summed E-state index contributed by atoms with van der Waals surface area (Å²) in [6.45, 7) is 3.22. The first-order valence-electron chi connectivity index (χ1n) is 5.88. The summed E-state index contributed by atoms with van der Waals surface area (Å²) in [5.41, 5.74) is 1.02. The molecule has 1 atom stereocenters. The maximum Gasteiger partial charge on any atom is 0.258 e. The summed E-state index contributed by atoms with van der Waals surface area (Å²) < 4.78 is 5.30. The second kappa shape index (κ2) is 5.59. The molecule has 5 heteroatoms. The van der Waals surface area contributed by atoms with E-state index >= 15 is 0 Å². The molecule has 1 amide bonds. The Hall–Kier alpha value is -1.26. The van der Waals surface area contributed by atoms with Crippen molar-refractivity contribution in [1.29, 1.82) is 0 Å². The highest BCUT2D eigenvalue weighted by Crippen LogP contribution is 2.24. The molecule has 1 saturated heterocycles. The molecule has 1 aromatic carbocycles. The number of phenolic OH excluding ortho intramolecular Hbond substituents is 1. The first kappa shape index (κ1) is 13.2. The van der Waals surface area contributed by atoms with Crippen LogP contribution in [0, 0.1) is 6.92 Å². The molecule has 1 aliphatic rings. The van der Waals surface area contributed by atoms with Crippen molar-refractivity contribution in [2.24, 2.45) is 0 Å². The number of carbonyl (C=O) groups is 1. The molecule has 0 aromatic heterocycles. The Morgan fingerprint density at radius 2 is 2.39 bits per heavy atom. The largest absolute Gasteiger partial charge is 0.507 e. The van der Waals surface area contributed by atoms with E-state index in [9.17, 15) is 9.90 Å². The van der Waals surface area contributed by atoms with Gasteiger partial charge in [0.25, 0.3) is 5.91 Å². The summed E-state index contributed by atoms with van der Waals surface area (Å²) in [6, 6.07) is 5.03. The monoisotopic (exact) mass is 269 g/mol. The number of para-hydroxylation sites is 1. The van der Waals surface area contributed by atoms with Crippen LogP contribution in [0.2, 0.25) is 0 Å². The van der Waals surface area contributed by atoms with Crippen molar-refractivity contribution in [2.75, 3.05) is 25.6 Å². The maximum absolute atomic E-state index is 12.4. The van der Waals surface area contributed by atoms with Crippen molar-refractivity contribution in [3.05, 3.63) is 29.3 Å².